The fourth-order valence-corrected chi connectivity index (χ4v) is 2.93. The van der Waals surface area contributed by atoms with E-state index < -0.39 is 0 Å². The molecular weight excluding hydrogens is 348 g/mol. The average molecular weight is 366 g/mol. The van der Waals surface area contributed by atoms with Gasteiger partial charge in [0.2, 0.25) is 5.91 Å². The zero-order valence-electron chi connectivity index (χ0n) is 14.2. The summed E-state index contributed by atoms with van der Waals surface area (Å²) in [6.45, 7) is 1.83. The van der Waals surface area contributed by atoms with Gasteiger partial charge < -0.3 is 15.8 Å². The fraction of sp³-hybridized carbons (Fsp3) is 0.105. The molecule has 0 saturated heterocycles. The van der Waals surface area contributed by atoms with E-state index in [1.165, 1.54) is 11.8 Å². The van der Waals surface area contributed by atoms with Crippen molar-refractivity contribution in [1.29, 1.82) is 0 Å². The molecular formula is C19H18N4O2S. The molecule has 0 aliphatic heterocycles. The summed E-state index contributed by atoms with van der Waals surface area (Å²) in [5, 5.41) is 3.34. The number of ether oxygens (including phenoxy) is 1. The molecule has 3 rings (SSSR count). The topological polar surface area (TPSA) is 90.1 Å². The molecule has 0 unspecified atom stereocenters. The first-order chi connectivity index (χ1) is 12.6. The lowest BCUT2D eigenvalue weighted by atomic mass is 10.3. The first-order valence-electron chi connectivity index (χ1n) is 7.96. The fourth-order valence-electron chi connectivity index (χ4n) is 2.22. The summed E-state index contributed by atoms with van der Waals surface area (Å²) in [5.74, 6) is 1.66. The Morgan fingerprint density at radius 1 is 1.12 bits per heavy atom. The molecule has 132 valence electrons. The quantitative estimate of drug-likeness (QED) is 0.508. The number of para-hydroxylation sites is 3. The van der Waals surface area contributed by atoms with Crippen molar-refractivity contribution in [3.63, 3.8) is 0 Å². The van der Waals surface area contributed by atoms with Gasteiger partial charge in [-0.1, -0.05) is 42.1 Å². The number of rotatable bonds is 6. The Hall–Kier alpha value is -3.06. The molecule has 1 heterocycles. The van der Waals surface area contributed by atoms with Gasteiger partial charge in [0.1, 0.15) is 11.6 Å². The molecule has 0 aliphatic carbocycles. The molecule has 0 fully saturated rings. The SMILES string of the molecule is Cc1cc(N)nc(SCC(=O)Nc2ccccc2Oc2ccccc2)n1. The highest BCUT2D eigenvalue weighted by molar-refractivity contribution is 7.99. The maximum atomic E-state index is 12.3. The third-order valence-corrected chi connectivity index (χ3v) is 4.17. The third-order valence-electron chi connectivity index (χ3n) is 3.32. The third kappa shape index (κ3) is 4.97. The maximum absolute atomic E-state index is 12.3. The van der Waals surface area contributed by atoms with Crippen molar-refractivity contribution in [2.75, 3.05) is 16.8 Å². The molecule has 1 aromatic heterocycles. The predicted octanol–water partition coefficient (Wildman–Crippen LogP) is 3.89. The molecule has 3 aromatic rings. The van der Waals surface area contributed by atoms with Crippen molar-refractivity contribution in [2.24, 2.45) is 0 Å². The van der Waals surface area contributed by atoms with Gasteiger partial charge in [0.15, 0.2) is 10.9 Å². The zero-order valence-corrected chi connectivity index (χ0v) is 15.0. The molecule has 0 atom stereocenters. The molecule has 0 spiro atoms. The number of nitrogens with two attached hydrogens (primary N) is 1. The second-order valence-electron chi connectivity index (χ2n) is 5.46. The molecule has 0 radical (unpaired) electrons. The number of carbonyl (C=O) groups is 1. The van der Waals surface area contributed by atoms with Gasteiger partial charge in [0.05, 0.1) is 11.4 Å². The largest absolute Gasteiger partial charge is 0.455 e. The summed E-state index contributed by atoms with van der Waals surface area (Å²) < 4.78 is 5.84. The standard InChI is InChI=1S/C19H18N4O2S/c1-13-11-17(20)23-19(21-13)26-12-18(24)22-15-9-5-6-10-16(15)25-14-7-3-2-4-8-14/h2-11H,12H2,1H3,(H,22,24)(H2,20,21,23). The van der Waals surface area contributed by atoms with Crippen LogP contribution in [0.1, 0.15) is 5.69 Å². The summed E-state index contributed by atoms with van der Waals surface area (Å²) >= 11 is 1.23. The van der Waals surface area contributed by atoms with E-state index in [-0.39, 0.29) is 11.7 Å². The Morgan fingerprint density at radius 3 is 2.62 bits per heavy atom. The van der Waals surface area contributed by atoms with Gasteiger partial charge in [-0.3, -0.25) is 4.79 Å². The van der Waals surface area contributed by atoms with Crippen molar-refractivity contribution in [1.82, 2.24) is 9.97 Å². The highest BCUT2D eigenvalue weighted by Crippen LogP contribution is 2.29. The lowest BCUT2D eigenvalue weighted by molar-refractivity contribution is -0.113. The number of hydrogen-bond acceptors (Lipinski definition) is 6. The van der Waals surface area contributed by atoms with E-state index in [4.69, 9.17) is 10.5 Å². The summed E-state index contributed by atoms with van der Waals surface area (Å²) in [7, 11) is 0. The van der Waals surface area contributed by atoms with Crippen LogP contribution < -0.4 is 15.8 Å². The average Bonchev–Trinajstić information content (AvgIpc) is 2.62. The van der Waals surface area contributed by atoms with Gasteiger partial charge in [-0.2, -0.15) is 0 Å². The lowest BCUT2D eigenvalue weighted by Crippen LogP contribution is -2.15. The van der Waals surface area contributed by atoms with E-state index in [1.807, 2.05) is 49.4 Å². The number of carbonyl (C=O) groups excluding carboxylic acids is 1. The van der Waals surface area contributed by atoms with Crippen LogP contribution in [0.2, 0.25) is 0 Å². The number of benzene rings is 2. The molecule has 0 aliphatic rings. The minimum absolute atomic E-state index is 0.169. The van der Waals surface area contributed by atoms with Gasteiger partial charge >= 0.3 is 0 Å². The van der Waals surface area contributed by atoms with Crippen molar-refractivity contribution >= 4 is 29.2 Å². The van der Waals surface area contributed by atoms with Gasteiger partial charge in [-0.15, -0.1) is 0 Å². The molecule has 0 saturated carbocycles. The van der Waals surface area contributed by atoms with Crippen LogP contribution in [0.4, 0.5) is 11.5 Å². The van der Waals surface area contributed by atoms with E-state index in [0.717, 1.165) is 5.69 Å². The van der Waals surface area contributed by atoms with Crippen LogP contribution in [-0.2, 0) is 4.79 Å². The molecule has 0 bridgehead atoms. The zero-order chi connectivity index (χ0) is 18.4. The number of nitrogens with one attached hydrogen (secondary N) is 1. The number of aryl methyl sites for hydroxylation is 1. The van der Waals surface area contributed by atoms with Crippen LogP contribution in [0.15, 0.2) is 65.8 Å². The highest BCUT2D eigenvalue weighted by atomic mass is 32.2. The van der Waals surface area contributed by atoms with Gasteiger partial charge in [0, 0.05) is 11.8 Å². The second-order valence-corrected chi connectivity index (χ2v) is 6.41. The van der Waals surface area contributed by atoms with Crippen molar-refractivity contribution in [2.45, 2.75) is 12.1 Å². The smallest absolute Gasteiger partial charge is 0.234 e. The monoisotopic (exact) mass is 366 g/mol. The number of anilines is 2. The molecule has 1 amide bonds. The van der Waals surface area contributed by atoms with Crippen LogP contribution in [-0.4, -0.2) is 21.6 Å². The van der Waals surface area contributed by atoms with Crippen LogP contribution in [0.3, 0.4) is 0 Å². The Kier molecular flexibility index (Phi) is 5.70. The number of nitrogen functional groups attached to an aromatic ring is 1. The van der Waals surface area contributed by atoms with E-state index >= 15 is 0 Å². The van der Waals surface area contributed by atoms with Crippen molar-refractivity contribution in [3.05, 3.63) is 66.4 Å². The van der Waals surface area contributed by atoms with Crippen LogP contribution in [0, 0.1) is 6.92 Å². The number of nitrogens with zero attached hydrogens (tertiary/aromatic N) is 2. The molecule has 2 aromatic carbocycles. The van der Waals surface area contributed by atoms with Crippen LogP contribution in [0.5, 0.6) is 11.5 Å². The Morgan fingerprint density at radius 2 is 1.85 bits per heavy atom. The van der Waals surface area contributed by atoms with E-state index in [9.17, 15) is 4.79 Å². The first kappa shape index (κ1) is 17.8. The second kappa shape index (κ2) is 8.35. The van der Waals surface area contributed by atoms with Crippen LogP contribution >= 0.6 is 11.8 Å². The van der Waals surface area contributed by atoms with Gasteiger partial charge in [-0.25, -0.2) is 9.97 Å². The Balaban J connectivity index is 1.64. The van der Waals surface area contributed by atoms with Gasteiger partial charge in [-0.05, 0) is 31.2 Å². The summed E-state index contributed by atoms with van der Waals surface area (Å²) in [5.41, 5.74) is 7.07. The van der Waals surface area contributed by atoms with E-state index in [1.54, 1.807) is 18.2 Å². The van der Waals surface area contributed by atoms with Crippen molar-refractivity contribution < 1.29 is 9.53 Å². The molecule has 7 heteroatoms. The predicted molar refractivity (Wildman–Crippen MR) is 103 cm³/mol. The van der Waals surface area contributed by atoms with Gasteiger partial charge in [0.25, 0.3) is 0 Å². The highest BCUT2D eigenvalue weighted by Gasteiger charge is 2.10. The normalized spacial score (nSPS) is 10.3. The number of aromatic nitrogens is 2. The van der Waals surface area contributed by atoms with E-state index in [0.29, 0.717) is 28.2 Å². The van der Waals surface area contributed by atoms with Crippen LogP contribution in [0.25, 0.3) is 0 Å². The summed E-state index contributed by atoms with van der Waals surface area (Å²) in [6, 6.07) is 18.4. The minimum Gasteiger partial charge on any atom is -0.455 e. The number of thioether (sulfide) groups is 1. The molecule has 26 heavy (non-hydrogen) atoms. The first-order valence-corrected chi connectivity index (χ1v) is 8.94. The number of hydrogen-bond donors (Lipinski definition) is 2. The Bertz CT molecular complexity index is 883. The molecule has 3 N–H and O–H groups in total. The van der Waals surface area contributed by atoms with Crippen molar-refractivity contribution in [3.8, 4) is 11.5 Å². The Labute approximate surface area is 155 Å². The lowest BCUT2D eigenvalue weighted by Gasteiger charge is -2.12. The maximum Gasteiger partial charge on any atom is 0.234 e. The number of amides is 1. The van der Waals surface area contributed by atoms with E-state index in [2.05, 4.69) is 15.3 Å². The summed E-state index contributed by atoms with van der Waals surface area (Å²) in [6.07, 6.45) is 0. The summed E-state index contributed by atoms with van der Waals surface area (Å²) in [4.78, 5) is 20.7. The molecule has 6 nitrogen and oxygen atoms in total. The minimum atomic E-state index is -0.178.